The number of amides is 1. The number of benzene rings is 2. The molecule has 0 bridgehead atoms. The number of aliphatic imine (C=N–C) groups is 1. The van der Waals surface area contributed by atoms with E-state index in [1.165, 1.54) is 35.2 Å². The Morgan fingerprint density at radius 3 is 2.48 bits per heavy atom. The van der Waals surface area contributed by atoms with Gasteiger partial charge in [0.15, 0.2) is 5.17 Å². The maximum Gasteiger partial charge on any atom is 0.416 e. The van der Waals surface area contributed by atoms with Crippen molar-refractivity contribution in [3.05, 3.63) is 70.1 Å². The van der Waals surface area contributed by atoms with E-state index < -0.39 is 17.7 Å². The summed E-state index contributed by atoms with van der Waals surface area (Å²) >= 11 is 1.08. The van der Waals surface area contributed by atoms with Gasteiger partial charge in [-0.2, -0.15) is 13.2 Å². The summed E-state index contributed by atoms with van der Waals surface area (Å²) in [6, 6.07) is 10.5. The number of rotatable bonds is 4. The molecule has 1 fully saturated rings. The van der Waals surface area contributed by atoms with E-state index in [-0.39, 0.29) is 11.5 Å². The lowest BCUT2D eigenvalue weighted by Crippen LogP contribution is -2.28. The lowest BCUT2D eigenvalue weighted by molar-refractivity contribution is -0.137. The van der Waals surface area contributed by atoms with Crippen molar-refractivity contribution >= 4 is 40.6 Å². The van der Waals surface area contributed by atoms with Crippen molar-refractivity contribution in [3.63, 3.8) is 0 Å². The van der Waals surface area contributed by atoms with E-state index in [2.05, 4.69) is 4.99 Å². The van der Waals surface area contributed by atoms with Crippen LogP contribution in [-0.4, -0.2) is 33.6 Å². The summed E-state index contributed by atoms with van der Waals surface area (Å²) in [6.07, 6.45) is -2.92. The van der Waals surface area contributed by atoms with Gasteiger partial charge in [0.05, 0.1) is 21.7 Å². The number of carbonyl (C=O) groups excluding carboxylic acids is 1. The average Bonchev–Trinajstić information content (AvgIpc) is 2.96. The fraction of sp³-hybridized carbons (Fsp3) is 0.150. The van der Waals surface area contributed by atoms with Crippen LogP contribution in [0.5, 0.6) is 0 Å². The van der Waals surface area contributed by atoms with E-state index >= 15 is 0 Å². The molecule has 150 valence electrons. The molecule has 0 aromatic heterocycles. The zero-order valence-electron chi connectivity index (χ0n) is 15.1. The summed E-state index contributed by atoms with van der Waals surface area (Å²) in [4.78, 5) is 29.8. The van der Waals surface area contributed by atoms with E-state index in [1.54, 1.807) is 19.1 Å². The van der Waals surface area contributed by atoms with E-state index in [0.717, 1.165) is 23.9 Å². The average molecular weight is 420 g/mol. The number of carboxylic acids is 1. The SMILES string of the molecule is CCN1C(=O)C(=Cc2ccc(C(F)(F)F)cc2)SC1=Nc1cccc(C(=O)O)c1. The maximum atomic E-state index is 12.7. The van der Waals surface area contributed by atoms with Crippen LogP contribution < -0.4 is 0 Å². The van der Waals surface area contributed by atoms with Gasteiger partial charge in [0.1, 0.15) is 0 Å². The van der Waals surface area contributed by atoms with Crippen molar-refractivity contribution in [2.24, 2.45) is 4.99 Å². The van der Waals surface area contributed by atoms with Crippen LogP contribution in [0.25, 0.3) is 6.08 Å². The smallest absolute Gasteiger partial charge is 0.416 e. The van der Waals surface area contributed by atoms with Crippen LogP contribution >= 0.6 is 11.8 Å². The minimum atomic E-state index is -4.42. The molecule has 1 heterocycles. The van der Waals surface area contributed by atoms with Gasteiger partial charge < -0.3 is 5.11 Å². The number of aromatic carboxylic acids is 1. The second-order valence-electron chi connectivity index (χ2n) is 6.03. The van der Waals surface area contributed by atoms with Crippen LogP contribution in [0.1, 0.15) is 28.4 Å². The van der Waals surface area contributed by atoms with Crippen molar-refractivity contribution in [1.29, 1.82) is 0 Å². The number of alkyl halides is 3. The van der Waals surface area contributed by atoms with Gasteiger partial charge >= 0.3 is 12.1 Å². The Morgan fingerprint density at radius 2 is 1.90 bits per heavy atom. The number of nitrogens with zero attached hydrogens (tertiary/aromatic N) is 2. The van der Waals surface area contributed by atoms with Crippen molar-refractivity contribution < 1.29 is 27.9 Å². The maximum absolute atomic E-state index is 12.7. The van der Waals surface area contributed by atoms with E-state index in [0.29, 0.717) is 27.9 Å². The molecule has 3 rings (SSSR count). The summed E-state index contributed by atoms with van der Waals surface area (Å²) in [6.45, 7) is 2.11. The van der Waals surface area contributed by atoms with Crippen LogP contribution in [0.4, 0.5) is 18.9 Å². The first-order valence-electron chi connectivity index (χ1n) is 8.49. The Kier molecular flexibility index (Phi) is 5.78. The highest BCUT2D eigenvalue weighted by Crippen LogP contribution is 2.35. The predicted molar refractivity (Wildman–Crippen MR) is 105 cm³/mol. The standard InChI is InChI=1S/C20H15F3N2O3S/c1-2-25-17(26)16(10-12-6-8-14(9-7-12)20(21,22)23)29-19(25)24-15-5-3-4-13(11-15)18(27)28/h3-11H,2H2,1H3,(H,27,28). The van der Waals surface area contributed by atoms with Gasteiger partial charge in [-0.15, -0.1) is 0 Å². The number of thioether (sulfide) groups is 1. The van der Waals surface area contributed by atoms with Gasteiger partial charge in [-0.25, -0.2) is 9.79 Å². The summed E-state index contributed by atoms with van der Waals surface area (Å²) in [5, 5.41) is 9.46. The zero-order valence-corrected chi connectivity index (χ0v) is 15.9. The van der Waals surface area contributed by atoms with Gasteiger partial charge in [-0.1, -0.05) is 18.2 Å². The molecule has 0 spiro atoms. The highest BCUT2D eigenvalue weighted by Gasteiger charge is 2.33. The Morgan fingerprint density at radius 1 is 1.21 bits per heavy atom. The molecule has 0 aliphatic carbocycles. The molecule has 0 atom stereocenters. The third kappa shape index (κ3) is 4.68. The minimum absolute atomic E-state index is 0.0738. The van der Waals surface area contributed by atoms with E-state index in [9.17, 15) is 22.8 Å². The normalized spacial score (nSPS) is 17.4. The predicted octanol–water partition coefficient (Wildman–Crippen LogP) is 5.03. The zero-order chi connectivity index (χ0) is 21.2. The number of halogens is 3. The van der Waals surface area contributed by atoms with Gasteiger partial charge in [0, 0.05) is 6.54 Å². The van der Waals surface area contributed by atoms with Crippen molar-refractivity contribution in [2.45, 2.75) is 13.1 Å². The van der Waals surface area contributed by atoms with Crippen LogP contribution in [0.3, 0.4) is 0 Å². The molecular weight excluding hydrogens is 405 g/mol. The molecule has 2 aromatic carbocycles. The van der Waals surface area contributed by atoms with Crippen LogP contribution in [-0.2, 0) is 11.0 Å². The largest absolute Gasteiger partial charge is 0.478 e. The number of carboxylic acid groups (broad SMARTS) is 1. The van der Waals surface area contributed by atoms with Gasteiger partial charge in [-0.3, -0.25) is 9.69 Å². The lowest BCUT2D eigenvalue weighted by atomic mass is 10.1. The quantitative estimate of drug-likeness (QED) is 0.705. The van der Waals surface area contributed by atoms with E-state index in [4.69, 9.17) is 5.11 Å². The topological polar surface area (TPSA) is 70.0 Å². The molecule has 1 amide bonds. The minimum Gasteiger partial charge on any atom is -0.478 e. The number of hydrogen-bond donors (Lipinski definition) is 1. The number of likely N-dealkylation sites (N-methyl/N-ethyl adjacent to an activating group) is 1. The highest BCUT2D eigenvalue weighted by atomic mass is 32.2. The third-order valence-corrected chi connectivity index (χ3v) is 5.06. The molecule has 0 radical (unpaired) electrons. The first-order chi connectivity index (χ1) is 13.7. The lowest BCUT2D eigenvalue weighted by Gasteiger charge is -2.12. The van der Waals surface area contributed by atoms with Gasteiger partial charge in [0.2, 0.25) is 0 Å². The van der Waals surface area contributed by atoms with Crippen molar-refractivity contribution in [2.75, 3.05) is 6.54 Å². The fourth-order valence-electron chi connectivity index (χ4n) is 2.61. The Bertz CT molecular complexity index is 1010. The first kappa shape index (κ1) is 20.7. The molecule has 0 saturated carbocycles. The summed E-state index contributed by atoms with van der Waals surface area (Å²) in [5.41, 5.74) is 0.152. The number of amidine groups is 1. The van der Waals surface area contributed by atoms with Gasteiger partial charge in [-0.05, 0) is 60.7 Å². The number of hydrogen-bond acceptors (Lipinski definition) is 4. The molecule has 2 aromatic rings. The second kappa shape index (κ2) is 8.12. The van der Waals surface area contributed by atoms with Crippen molar-refractivity contribution in [1.82, 2.24) is 4.90 Å². The number of carbonyl (C=O) groups is 2. The summed E-state index contributed by atoms with van der Waals surface area (Å²) < 4.78 is 38.1. The van der Waals surface area contributed by atoms with Crippen LogP contribution in [0, 0.1) is 0 Å². The van der Waals surface area contributed by atoms with Crippen molar-refractivity contribution in [3.8, 4) is 0 Å². The molecule has 0 unspecified atom stereocenters. The third-order valence-electron chi connectivity index (χ3n) is 4.06. The molecule has 1 N–H and O–H groups in total. The summed E-state index contributed by atoms with van der Waals surface area (Å²) in [5.74, 6) is -1.40. The Hall–Kier alpha value is -3.07. The molecule has 9 heteroatoms. The summed E-state index contributed by atoms with van der Waals surface area (Å²) in [7, 11) is 0. The molecule has 1 aliphatic rings. The van der Waals surface area contributed by atoms with Gasteiger partial charge in [0.25, 0.3) is 5.91 Å². The van der Waals surface area contributed by atoms with Crippen LogP contribution in [0.2, 0.25) is 0 Å². The Balaban J connectivity index is 1.90. The van der Waals surface area contributed by atoms with Crippen LogP contribution in [0.15, 0.2) is 58.4 Å². The fourth-order valence-corrected chi connectivity index (χ4v) is 3.67. The molecule has 5 nitrogen and oxygen atoms in total. The molecule has 29 heavy (non-hydrogen) atoms. The molecular formula is C20H15F3N2O3S. The van der Waals surface area contributed by atoms with E-state index in [1.807, 2.05) is 0 Å². The second-order valence-corrected chi connectivity index (χ2v) is 7.04. The molecule has 1 aliphatic heterocycles. The monoisotopic (exact) mass is 420 g/mol. The first-order valence-corrected chi connectivity index (χ1v) is 9.31. The highest BCUT2D eigenvalue weighted by molar-refractivity contribution is 8.18. The molecule has 1 saturated heterocycles. The Labute approximate surface area is 168 Å².